The van der Waals surface area contributed by atoms with Crippen LogP contribution in [0.1, 0.15) is 25.5 Å². The molecule has 2 rings (SSSR count). The van der Waals surface area contributed by atoms with Crippen LogP contribution in [0, 0.1) is 5.82 Å². The van der Waals surface area contributed by atoms with Crippen molar-refractivity contribution < 1.29 is 13.9 Å². The molecule has 0 aliphatic carbocycles. The molecule has 2 N–H and O–H groups in total. The Hall–Kier alpha value is -1.46. The van der Waals surface area contributed by atoms with E-state index < -0.39 is 0 Å². The highest BCUT2D eigenvalue weighted by Gasteiger charge is 2.33. The average molecular weight is 266 g/mol. The maximum absolute atomic E-state index is 12.8. The molecule has 1 aromatic rings. The molecule has 1 aromatic carbocycles. The standard InChI is InChI=1S/C14H19FN2O2/c1-10(11-3-5-12(15)6-4-11)17-13(18)7-19-14(2)8-16-9-14/h3-6,10,16H,7-9H2,1-2H3,(H,17,18)/t10-/m1/s1. The fourth-order valence-corrected chi connectivity index (χ4v) is 1.94. The van der Waals surface area contributed by atoms with Gasteiger partial charge in [0.05, 0.1) is 11.6 Å². The third kappa shape index (κ3) is 3.75. The SMILES string of the molecule is C[C@@H](NC(=O)COC1(C)CNC1)c1ccc(F)cc1. The molecule has 19 heavy (non-hydrogen) atoms. The van der Waals surface area contributed by atoms with Gasteiger partial charge in [-0.25, -0.2) is 4.39 Å². The Morgan fingerprint density at radius 3 is 2.63 bits per heavy atom. The van der Waals surface area contributed by atoms with Gasteiger partial charge in [-0.2, -0.15) is 0 Å². The summed E-state index contributed by atoms with van der Waals surface area (Å²) in [5, 5.41) is 5.93. The second-order valence-electron chi connectivity index (χ2n) is 5.18. The predicted molar refractivity (Wildman–Crippen MR) is 70.2 cm³/mol. The van der Waals surface area contributed by atoms with Gasteiger partial charge in [0.1, 0.15) is 12.4 Å². The Labute approximate surface area is 112 Å². The largest absolute Gasteiger partial charge is 0.363 e. The number of ether oxygens (including phenoxy) is 1. The minimum atomic E-state index is -0.281. The van der Waals surface area contributed by atoms with Crippen LogP contribution in [0.3, 0.4) is 0 Å². The molecule has 1 amide bonds. The van der Waals surface area contributed by atoms with Crippen molar-refractivity contribution in [1.29, 1.82) is 0 Å². The zero-order chi connectivity index (χ0) is 13.9. The van der Waals surface area contributed by atoms with Crippen molar-refractivity contribution in [2.75, 3.05) is 19.7 Å². The molecule has 0 saturated carbocycles. The van der Waals surface area contributed by atoms with E-state index in [1.807, 2.05) is 13.8 Å². The highest BCUT2D eigenvalue weighted by molar-refractivity contribution is 5.77. The van der Waals surface area contributed by atoms with Gasteiger partial charge in [0.25, 0.3) is 0 Å². The molecule has 0 unspecified atom stereocenters. The number of rotatable bonds is 5. The topological polar surface area (TPSA) is 50.4 Å². The summed E-state index contributed by atoms with van der Waals surface area (Å²) < 4.78 is 18.3. The van der Waals surface area contributed by atoms with Gasteiger partial charge in [-0.3, -0.25) is 4.79 Å². The summed E-state index contributed by atoms with van der Waals surface area (Å²) in [6.45, 7) is 5.42. The second kappa shape index (κ2) is 5.67. The number of nitrogens with one attached hydrogen (secondary N) is 2. The number of halogens is 1. The normalized spacial score (nSPS) is 18.5. The smallest absolute Gasteiger partial charge is 0.246 e. The van der Waals surface area contributed by atoms with Gasteiger partial charge < -0.3 is 15.4 Å². The van der Waals surface area contributed by atoms with E-state index in [2.05, 4.69) is 10.6 Å². The Morgan fingerprint density at radius 2 is 2.11 bits per heavy atom. The Morgan fingerprint density at radius 1 is 1.47 bits per heavy atom. The van der Waals surface area contributed by atoms with Crippen LogP contribution in [0.4, 0.5) is 4.39 Å². The monoisotopic (exact) mass is 266 g/mol. The van der Waals surface area contributed by atoms with E-state index in [9.17, 15) is 9.18 Å². The maximum atomic E-state index is 12.8. The lowest BCUT2D eigenvalue weighted by Crippen LogP contribution is -2.59. The summed E-state index contributed by atoms with van der Waals surface area (Å²) >= 11 is 0. The first-order valence-electron chi connectivity index (χ1n) is 6.38. The van der Waals surface area contributed by atoms with Crippen molar-refractivity contribution in [3.05, 3.63) is 35.6 Å². The first-order chi connectivity index (χ1) is 8.98. The molecule has 0 spiro atoms. The van der Waals surface area contributed by atoms with Gasteiger partial charge in [-0.1, -0.05) is 12.1 Å². The van der Waals surface area contributed by atoms with Crippen molar-refractivity contribution in [3.63, 3.8) is 0 Å². The van der Waals surface area contributed by atoms with Crippen LogP contribution in [0.2, 0.25) is 0 Å². The van der Waals surface area contributed by atoms with Crippen LogP contribution >= 0.6 is 0 Å². The van der Waals surface area contributed by atoms with Crippen LogP contribution in [-0.2, 0) is 9.53 Å². The van der Waals surface area contributed by atoms with Crippen LogP contribution < -0.4 is 10.6 Å². The molecule has 0 radical (unpaired) electrons. The lowest BCUT2D eigenvalue weighted by Gasteiger charge is -2.38. The number of amides is 1. The van der Waals surface area contributed by atoms with E-state index in [1.54, 1.807) is 12.1 Å². The van der Waals surface area contributed by atoms with Gasteiger partial charge >= 0.3 is 0 Å². The first kappa shape index (κ1) is 14.0. The molecular formula is C14H19FN2O2. The minimum Gasteiger partial charge on any atom is -0.363 e. The van der Waals surface area contributed by atoms with E-state index in [0.29, 0.717) is 0 Å². The van der Waals surface area contributed by atoms with Gasteiger partial charge in [0.15, 0.2) is 0 Å². The minimum absolute atomic E-state index is 0.0454. The van der Waals surface area contributed by atoms with Crippen LogP contribution in [0.25, 0.3) is 0 Å². The van der Waals surface area contributed by atoms with Crippen molar-refractivity contribution >= 4 is 5.91 Å². The van der Waals surface area contributed by atoms with E-state index in [1.165, 1.54) is 12.1 Å². The van der Waals surface area contributed by atoms with Gasteiger partial charge in [0, 0.05) is 13.1 Å². The number of carbonyl (C=O) groups is 1. The molecule has 0 bridgehead atoms. The third-order valence-corrected chi connectivity index (χ3v) is 3.30. The van der Waals surface area contributed by atoms with Crippen LogP contribution in [0.15, 0.2) is 24.3 Å². The highest BCUT2D eigenvalue weighted by Crippen LogP contribution is 2.16. The first-order valence-corrected chi connectivity index (χ1v) is 6.38. The van der Waals surface area contributed by atoms with Gasteiger partial charge in [-0.15, -0.1) is 0 Å². The average Bonchev–Trinajstić information content (AvgIpc) is 2.35. The third-order valence-electron chi connectivity index (χ3n) is 3.30. The zero-order valence-electron chi connectivity index (χ0n) is 11.2. The fraction of sp³-hybridized carbons (Fsp3) is 0.500. The lowest BCUT2D eigenvalue weighted by atomic mass is 10.0. The molecule has 1 heterocycles. The molecule has 5 heteroatoms. The molecule has 1 aliphatic rings. The zero-order valence-corrected chi connectivity index (χ0v) is 11.2. The highest BCUT2D eigenvalue weighted by atomic mass is 19.1. The summed E-state index contributed by atoms with van der Waals surface area (Å²) in [4.78, 5) is 11.7. The Kier molecular flexibility index (Phi) is 4.17. The molecule has 1 aliphatic heterocycles. The second-order valence-corrected chi connectivity index (χ2v) is 5.18. The number of carbonyl (C=O) groups excluding carboxylic acids is 1. The number of hydrogen-bond acceptors (Lipinski definition) is 3. The Balaban J connectivity index is 1.79. The molecule has 1 atom stereocenters. The van der Waals surface area contributed by atoms with E-state index in [-0.39, 0.29) is 30.0 Å². The van der Waals surface area contributed by atoms with Gasteiger partial charge in [-0.05, 0) is 31.5 Å². The van der Waals surface area contributed by atoms with Crippen molar-refractivity contribution in [3.8, 4) is 0 Å². The fourth-order valence-electron chi connectivity index (χ4n) is 1.94. The molecular weight excluding hydrogens is 247 g/mol. The Bertz CT molecular complexity index is 443. The molecule has 1 fully saturated rings. The van der Waals surface area contributed by atoms with Crippen molar-refractivity contribution in [1.82, 2.24) is 10.6 Å². The van der Waals surface area contributed by atoms with Crippen molar-refractivity contribution in [2.45, 2.75) is 25.5 Å². The number of hydrogen-bond donors (Lipinski definition) is 2. The van der Waals surface area contributed by atoms with Gasteiger partial charge in [0.2, 0.25) is 5.91 Å². The van der Waals surface area contributed by atoms with E-state index in [0.717, 1.165) is 18.7 Å². The number of benzene rings is 1. The van der Waals surface area contributed by atoms with Crippen molar-refractivity contribution in [2.24, 2.45) is 0 Å². The molecule has 4 nitrogen and oxygen atoms in total. The lowest BCUT2D eigenvalue weighted by molar-refractivity contribution is -0.136. The maximum Gasteiger partial charge on any atom is 0.246 e. The quantitative estimate of drug-likeness (QED) is 0.846. The summed E-state index contributed by atoms with van der Waals surface area (Å²) in [7, 11) is 0. The van der Waals surface area contributed by atoms with Crippen LogP contribution in [0.5, 0.6) is 0 Å². The predicted octanol–water partition coefficient (Wildman–Crippen LogP) is 1.38. The van der Waals surface area contributed by atoms with Crippen LogP contribution in [-0.4, -0.2) is 31.2 Å². The molecule has 1 saturated heterocycles. The summed E-state index contributed by atoms with van der Waals surface area (Å²) in [6.07, 6.45) is 0. The molecule has 104 valence electrons. The summed E-state index contributed by atoms with van der Waals surface area (Å²) in [5.41, 5.74) is 0.641. The van der Waals surface area contributed by atoms with E-state index >= 15 is 0 Å². The molecule has 0 aromatic heterocycles. The summed E-state index contributed by atoms with van der Waals surface area (Å²) in [5.74, 6) is -0.444. The summed E-state index contributed by atoms with van der Waals surface area (Å²) in [6, 6.07) is 5.94. The van der Waals surface area contributed by atoms with E-state index in [4.69, 9.17) is 4.74 Å².